The maximum Gasteiger partial charge on any atom is 0.264 e. The van der Waals surface area contributed by atoms with E-state index in [0.29, 0.717) is 28.7 Å². The fraction of sp³-hybridized carbons (Fsp3) is 0.182. The second kappa shape index (κ2) is 7.48. The zero-order chi connectivity index (χ0) is 19.7. The SMILES string of the molecule is COc1ccccc1C(=O)N(Cc1ccco1)c1nc2cc(C)c(C)cc2s1. The fourth-order valence-electron chi connectivity index (χ4n) is 3.03. The van der Waals surface area contributed by atoms with Crippen molar-refractivity contribution >= 4 is 32.6 Å². The Balaban J connectivity index is 1.80. The first-order valence-corrected chi connectivity index (χ1v) is 9.73. The van der Waals surface area contributed by atoms with Crippen molar-refractivity contribution in [1.29, 1.82) is 0 Å². The van der Waals surface area contributed by atoms with E-state index < -0.39 is 0 Å². The summed E-state index contributed by atoms with van der Waals surface area (Å²) in [6.07, 6.45) is 1.60. The van der Waals surface area contributed by atoms with Crippen molar-refractivity contribution in [3.8, 4) is 5.75 Å². The van der Waals surface area contributed by atoms with E-state index in [0.717, 1.165) is 10.2 Å². The molecule has 1 amide bonds. The van der Waals surface area contributed by atoms with Gasteiger partial charge in [-0.1, -0.05) is 23.5 Å². The molecular formula is C22H20N2O3S. The molecule has 0 radical (unpaired) electrons. The molecule has 0 atom stereocenters. The molecule has 142 valence electrons. The molecular weight excluding hydrogens is 372 g/mol. The highest BCUT2D eigenvalue weighted by Crippen LogP contribution is 2.33. The maximum atomic E-state index is 13.4. The molecule has 2 heterocycles. The number of aryl methyl sites for hydroxylation is 2. The summed E-state index contributed by atoms with van der Waals surface area (Å²) in [4.78, 5) is 19.8. The smallest absolute Gasteiger partial charge is 0.264 e. The second-order valence-corrected chi connectivity index (χ2v) is 7.58. The minimum atomic E-state index is -0.179. The van der Waals surface area contributed by atoms with Crippen LogP contribution in [0.5, 0.6) is 5.75 Å². The molecule has 0 N–H and O–H groups in total. The Hall–Kier alpha value is -3.12. The number of amides is 1. The number of rotatable bonds is 5. The minimum Gasteiger partial charge on any atom is -0.496 e. The van der Waals surface area contributed by atoms with E-state index in [1.165, 1.54) is 22.5 Å². The van der Waals surface area contributed by atoms with Crippen LogP contribution in [0.1, 0.15) is 27.2 Å². The van der Waals surface area contributed by atoms with Gasteiger partial charge in [-0.3, -0.25) is 9.69 Å². The molecule has 0 aliphatic carbocycles. The monoisotopic (exact) mass is 392 g/mol. The fourth-order valence-corrected chi connectivity index (χ4v) is 4.08. The molecule has 0 saturated carbocycles. The Kier molecular flexibility index (Phi) is 4.88. The summed E-state index contributed by atoms with van der Waals surface area (Å²) >= 11 is 1.50. The molecule has 28 heavy (non-hydrogen) atoms. The van der Waals surface area contributed by atoms with Crippen molar-refractivity contribution in [2.24, 2.45) is 0 Å². The van der Waals surface area contributed by atoms with E-state index in [1.807, 2.05) is 24.3 Å². The lowest BCUT2D eigenvalue weighted by Crippen LogP contribution is -2.30. The van der Waals surface area contributed by atoms with Crippen LogP contribution in [0, 0.1) is 13.8 Å². The van der Waals surface area contributed by atoms with Crippen molar-refractivity contribution in [2.45, 2.75) is 20.4 Å². The predicted molar refractivity (Wildman–Crippen MR) is 111 cm³/mol. The maximum absolute atomic E-state index is 13.4. The van der Waals surface area contributed by atoms with Gasteiger partial charge in [0.2, 0.25) is 0 Å². The highest BCUT2D eigenvalue weighted by Gasteiger charge is 2.25. The number of carbonyl (C=O) groups is 1. The number of furan rings is 1. The lowest BCUT2D eigenvalue weighted by molar-refractivity contribution is 0.0980. The van der Waals surface area contributed by atoms with Crippen LogP contribution in [0.25, 0.3) is 10.2 Å². The number of methoxy groups -OCH3 is 1. The Labute approximate surface area is 167 Å². The van der Waals surface area contributed by atoms with Crippen molar-refractivity contribution in [2.75, 3.05) is 12.0 Å². The Morgan fingerprint density at radius 1 is 1.14 bits per heavy atom. The third-order valence-electron chi connectivity index (χ3n) is 4.70. The molecule has 0 saturated heterocycles. The number of hydrogen-bond acceptors (Lipinski definition) is 5. The molecule has 4 aromatic rings. The highest BCUT2D eigenvalue weighted by molar-refractivity contribution is 7.22. The summed E-state index contributed by atoms with van der Waals surface area (Å²) in [5.41, 5.74) is 3.76. The zero-order valence-electron chi connectivity index (χ0n) is 15.9. The number of ether oxygens (including phenoxy) is 1. The van der Waals surface area contributed by atoms with Gasteiger partial charge in [-0.05, 0) is 61.4 Å². The molecule has 4 rings (SSSR count). The average molecular weight is 392 g/mol. The first kappa shape index (κ1) is 18.3. The molecule has 0 aliphatic heterocycles. The van der Waals surface area contributed by atoms with Gasteiger partial charge in [0.05, 0.1) is 35.7 Å². The molecule has 6 heteroatoms. The van der Waals surface area contributed by atoms with E-state index >= 15 is 0 Å². The van der Waals surface area contributed by atoms with Crippen LogP contribution in [0.4, 0.5) is 5.13 Å². The third-order valence-corrected chi connectivity index (χ3v) is 5.74. The number of fused-ring (bicyclic) bond motifs is 1. The molecule has 5 nitrogen and oxygen atoms in total. The molecule has 2 aromatic heterocycles. The van der Waals surface area contributed by atoms with E-state index in [2.05, 4.69) is 26.0 Å². The van der Waals surface area contributed by atoms with Gasteiger partial charge in [0.25, 0.3) is 5.91 Å². The minimum absolute atomic E-state index is 0.179. The molecule has 2 aromatic carbocycles. The number of para-hydroxylation sites is 1. The van der Waals surface area contributed by atoms with Crippen molar-refractivity contribution in [3.05, 3.63) is 77.2 Å². The Bertz CT molecular complexity index is 1090. The van der Waals surface area contributed by atoms with Gasteiger partial charge < -0.3 is 9.15 Å². The number of nitrogens with zero attached hydrogens (tertiary/aromatic N) is 2. The van der Waals surface area contributed by atoms with Crippen LogP contribution < -0.4 is 9.64 Å². The molecule has 0 aliphatic rings. The zero-order valence-corrected chi connectivity index (χ0v) is 16.7. The van der Waals surface area contributed by atoms with E-state index in [-0.39, 0.29) is 5.91 Å². The van der Waals surface area contributed by atoms with Gasteiger partial charge in [0.1, 0.15) is 11.5 Å². The van der Waals surface area contributed by atoms with Crippen molar-refractivity contribution < 1.29 is 13.9 Å². The van der Waals surface area contributed by atoms with Gasteiger partial charge in [-0.2, -0.15) is 0 Å². The Morgan fingerprint density at radius 2 is 1.93 bits per heavy atom. The topological polar surface area (TPSA) is 55.6 Å². The molecule has 0 spiro atoms. The first-order chi connectivity index (χ1) is 13.6. The second-order valence-electron chi connectivity index (χ2n) is 6.57. The quantitative estimate of drug-likeness (QED) is 0.459. The van der Waals surface area contributed by atoms with Crippen LogP contribution in [0.3, 0.4) is 0 Å². The normalized spacial score (nSPS) is 11.0. The summed E-state index contributed by atoms with van der Waals surface area (Å²) in [5.74, 6) is 1.04. The van der Waals surface area contributed by atoms with E-state index in [9.17, 15) is 4.79 Å². The van der Waals surface area contributed by atoms with Crippen LogP contribution >= 0.6 is 11.3 Å². The molecule has 0 fully saturated rings. The molecule has 0 bridgehead atoms. The van der Waals surface area contributed by atoms with E-state index in [1.54, 1.807) is 30.4 Å². The largest absolute Gasteiger partial charge is 0.496 e. The standard InChI is InChI=1S/C22H20N2O3S/c1-14-11-18-20(12-15(14)2)28-22(23-18)24(13-16-7-6-10-27-16)21(25)17-8-4-5-9-19(17)26-3/h4-12H,13H2,1-3H3. The van der Waals surface area contributed by atoms with Gasteiger partial charge in [0.15, 0.2) is 5.13 Å². The van der Waals surface area contributed by atoms with Crippen LogP contribution in [0.2, 0.25) is 0 Å². The summed E-state index contributed by atoms with van der Waals surface area (Å²) < 4.78 is 11.9. The van der Waals surface area contributed by atoms with Gasteiger partial charge in [0, 0.05) is 0 Å². The predicted octanol–water partition coefficient (Wildman–Crippen LogP) is 5.36. The number of aromatic nitrogens is 1. The number of hydrogen-bond donors (Lipinski definition) is 0. The first-order valence-electron chi connectivity index (χ1n) is 8.92. The summed E-state index contributed by atoms with van der Waals surface area (Å²) in [6, 6.07) is 15.0. The summed E-state index contributed by atoms with van der Waals surface area (Å²) in [7, 11) is 1.56. The van der Waals surface area contributed by atoms with Crippen LogP contribution in [-0.2, 0) is 6.54 Å². The lowest BCUT2D eigenvalue weighted by Gasteiger charge is -2.20. The van der Waals surface area contributed by atoms with Crippen molar-refractivity contribution in [1.82, 2.24) is 4.98 Å². The van der Waals surface area contributed by atoms with Gasteiger partial charge in [-0.25, -0.2) is 4.98 Å². The number of thiazole rings is 1. The van der Waals surface area contributed by atoms with Crippen molar-refractivity contribution in [3.63, 3.8) is 0 Å². The van der Waals surface area contributed by atoms with E-state index in [4.69, 9.17) is 14.1 Å². The summed E-state index contributed by atoms with van der Waals surface area (Å²) in [5, 5.41) is 0.632. The van der Waals surface area contributed by atoms with Gasteiger partial charge in [-0.15, -0.1) is 0 Å². The highest BCUT2D eigenvalue weighted by atomic mass is 32.1. The number of anilines is 1. The lowest BCUT2D eigenvalue weighted by atomic mass is 10.1. The average Bonchev–Trinajstić information content (AvgIpc) is 3.35. The third kappa shape index (κ3) is 3.39. The Morgan fingerprint density at radius 3 is 2.68 bits per heavy atom. The van der Waals surface area contributed by atoms with Crippen LogP contribution in [-0.4, -0.2) is 18.0 Å². The van der Waals surface area contributed by atoms with Crippen LogP contribution in [0.15, 0.2) is 59.2 Å². The summed E-state index contributed by atoms with van der Waals surface area (Å²) in [6.45, 7) is 4.44. The van der Waals surface area contributed by atoms with Gasteiger partial charge >= 0.3 is 0 Å². The number of carbonyl (C=O) groups excluding carboxylic acids is 1. The number of benzene rings is 2. The molecule has 0 unspecified atom stereocenters.